The van der Waals surface area contributed by atoms with Crippen LogP contribution >= 0.6 is 11.6 Å². The van der Waals surface area contributed by atoms with Gasteiger partial charge in [-0.15, -0.1) is 0 Å². The van der Waals surface area contributed by atoms with Crippen molar-refractivity contribution in [2.45, 2.75) is 25.8 Å². The summed E-state index contributed by atoms with van der Waals surface area (Å²) in [6, 6.07) is 6.22. The van der Waals surface area contributed by atoms with E-state index in [1.54, 1.807) is 0 Å². The van der Waals surface area contributed by atoms with Crippen molar-refractivity contribution in [1.29, 1.82) is 5.26 Å². The van der Waals surface area contributed by atoms with Crippen LogP contribution in [0.4, 0.5) is 4.39 Å². The van der Waals surface area contributed by atoms with Gasteiger partial charge in [0.15, 0.2) is 0 Å². The largest absolute Gasteiger partial charge is 0.351 e. The lowest BCUT2D eigenvalue weighted by Crippen LogP contribution is -2.44. The molecule has 1 amide bonds. The van der Waals surface area contributed by atoms with E-state index < -0.39 is 11.2 Å². The topological polar surface area (TPSA) is 52.9 Å². The Morgan fingerprint density at radius 1 is 1.56 bits per heavy atom. The third-order valence-electron chi connectivity index (χ3n) is 3.30. The molecular formula is C13H12ClFN2O. The molecule has 5 heteroatoms. The number of halogens is 2. The second-order valence-corrected chi connectivity index (χ2v) is 4.90. The summed E-state index contributed by atoms with van der Waals surface area (Å²) in [4.78, 5) is 11.9. The number of nitrogens with zero attached hydrogens (tertiary/aromatic N) is 1. The first-order valence-electron chi connectivity index (χ1n) is 5.71. The zero-order chi connectivity index (χ0) is 13.2. The van der Waals surface area contributed by atoms with E-state index in [-0.39, 0.29) is 12.5 Å². The van der Waals surface area contributed by atoms with Crippen LogP contribution in [0.3, 0.4) is 0 Å². The van der Waals surface area contributed by atoms with Crippen LogP contribution in [-0.4, -0.2) is 5.91 Å². The van der Waals surface area contributed by atoms with Crippen molar-refractivity contribution in [1.82, 2.24) is 5.32 Å². The predicted molar refractivity (Wildman–Crippen MR) is 65.2 cm³/mol. The van der Waals surface area contributed by atoms with E-state index in [1.165, 1.54) is 18.2 Å². The summed E-state index contributed by atoms with van der Waals surface area (Å²) in [5.41, 5.74) is -0.585. The van der Waals surface area contributed by atoms with Crippen molar-refractivity contribution in [3.8, 4) is 6.07 Å². The van der Waals surface area contributed by atoms with Crippen LogP contribution in [0.1, 0.15) is 24.8 Å². The van der Waals surface area contributed by atoms with E-state index in [1.807, 2.05) is 6.07 Å². The molecule has 1 aliphatic carbocycles. The minimum absolute atomic E-state index is 0.0503. The molecule has 0 heterocycles. The number of hydrogen-bond donors (Lipinski definition) is 1. The standard InChI is InChI=1S/C13H12ClFN2O/c14-10-2-3-11(15)9(6-10)7-17-12(18)13(8-16)4-1-5-13/h2-3,6H,1,4-5,7H2,(H,17,18). The van der Waals surface area contributed by atoms with Crippen LogP contribution in [0, 0.1) is 22.6 Å². The fraction of sp³-hybridized carbons (Fsp3) is 0.385. The molecule has 0 spiro atoms. The van der Waals surface area contributed by atoms with E-state index in [0.717, 1.165) is 6.42 Å². The van der Waals surface area contributed by atoms with Gasteiger partial charge in [0, 0.05) is 17.1 Å². The van der Waals surface area contributed by atoms with E-state index in [9.17, 15) is 9.18 Å². The Hall–Kier alpha value is -1.60. The Morgan fingerprint density at radius 2 is 2.28 bits per heavy atom. The third-order valence-corrected chi connectivity index (χ3v) is 3.54. The van der Waals surface area contributed by atoms with Crippen LogP contribution in [0.5, 0.6) is 0 Å². The maximum atomic E-state index is 13.4. The molecule has 1 aromatic carbocycles. The molecule has 0 saturated heterocycles. The second kappa shape index (κ2) is 4.95. The molecule has 2 rings (SSSR count). The lowest BCUT2D eigenvalue weighted by atomic mass is 9.69. The Balaban J connectivity index is 2.02. The molecule has 1 aromatic rings. The highest BCUT2D eigenvalue weighted by Crippen LogP contribution is 2.40. The summed E-state index contributed by atoms with van der Waals surface area (Å²) in [5.74, 6) is -0.741. The van der Waals surface area contributed by atoms with Gasteiger partial charge in [0.1, 0.15) is 11.2 Å². The molecule has 18 heavy (non-hydrogen) atoms. The van der Waals surface area contributed by atoms with Crippen molar-refractivity contribution < 1.29 is 9.18 Å². The summed E-state index contributed by atoms with van der Waals surface area (Å²) < 4.78 is 13.4. The van der Waals surface area contributed by atoms with Crippen LogP contribution in [0.15, 0.2) is 18.2 Å². The van der Waals surface area contributed by atoms with Crippen molar-refractivity contribution >= 4 is 17.5 Å². The zero-order valence-electron chi connectivity index (χ0n) is 9.67. The first-order valence-corrected chi connectivity index (χ1v) is 6.09. The highest BCUT2D eigenvalue weighted by Gasteiger charge is 2.44. The summed E-state index contributed by atoms with van der Waals surface area (Å²) in [7, 11) is 0. The average Bonchev–Trinajstić information content (AvgIpc) is 2.29. The van der Waals surface area contributed by atoms with Crippen molar-refractivity contribution in [2.24, 2.45) is 5.41 Å². The molecule has 1 saturated carbocycles. The molecule has 3 nitrogen and oxygen atoms in total. The second-order valence-electron chi connectivity index (χ2n) is 4.47. The summed E-state index contributed by atoms with van der Waals surface area (Å²) in [6.45, 7) is 0.0503. The zero-order valence-corrected chi connectivity index (χ0v) is 10.4. The summed E-state index contributed by atoms with van der Waals surface area (Å²) in [6.07, 6.45) is 2.03. The highest BCUT2D eigenvalue weighted by molar-refractivity contribution is 6.30. The third kappa shape index (κ3) is 2.32. The molecule has 0 atom stereocenters. The van der Waals surface area contributed by atoms with Crippen molar-refractivity contribution in [3.63, 3.8) is 0 Å². The Morgan fingerprint density at radius 3 is 2.83 bits per heavy atom. The normalized spacial score (nSPS) is 16.5. The summed E-state index contributed by atoms with van der Waals surface area (Å²) >= 11 is 5.76. The molecule has 0 bridgehead atoms. The number of carbonyl (C=O) groups excluding carboxylic acids is 1. The number of nitrogens with one attached hydrogen (secondary N) is 1. The van der Waals surface area contributed by atoms with Crippen LogP contribution in [0.25, 0.3) is 0 Å². The van der Waals surface area contributed by atoms with Crippen LogP contribution < -0.4 is 5.32 Å². The fourth-order valence-electron chi connectivity index (χ4n) is 1.94. The first kappa shape index (κ1) is 12.8. The minimum Gasteiger partial charge on any atom is -0.351 e. The Labute approximate surface area is 110 Å². The molecule has 1 N–H and O–H groups in total. The summed E-state index contributed by atoms with van der Waals surface area (Å²) in [5, 5.41) is 12.0. The van der Waals surface area contributed by atoms with Crippen molar-refractivity contribution in [2.75, 3.05) is 0 Å². The highest BCUT2D eigenvalue weighted by atomic mass is 35.5. The monoisotopic (exact) mass is 266 g/mol. The fourth-order valence-corrected chi connectivity index (χ4v) is 2.14. The van der Waals surface area contributed by atoms with Gasteiger partial charge in [-0.05, 0) is 37.5 Å². The molecule has 0 unspecified atom stereocenters. The smallest absolute Gasteiger partial charge is 0.240 e. The number of nitriles is 1. The van der Waals surface area contributed by atoms with E-state index >= 15 is 0 Å². The number of carbonyl (C=O) groups is 1. The molecule has 1 fully saturated rings. The van der Waals surface area contributed by atoms with Gasteiger partial charge in [0.05, 0.1) is 6.07 Å². The maximum Gasteiger partial charge on any atom is 0.240 e. The number of rotatable bonds is 3. The van der Waals surface area contributed by atoms with Gasteiger partial charge in [-0.2, -0.15) is 5.26 Å². The SMILES string of the molecule is N#CC1(C(=O)NCc2cc(Cl)ccc2F)CCC1. The molecule has 94 valence electrons. The van der Waals surface area contributed by atoms with Gasteiger partial charge < -0.3 is 5.32 Å². The number of amides is 1. The minimum atomic E-state index is -0.908. The first-order chi connectivity index (χ1) is 8.57. The molecular weight excluding hydrogens is 255 g/mol. The van der Waals surface area contributed by atoms with E-state index in [4.69, 9.17) is 16.9 Å². The predicted octanol–water partition coefficient (Wildman–Crippen LogP) is 2.79. The number of hydrogen-bond acceptors (Lipinski definition) is 2. The van der Waals surface area contributed by atoms with Crippen LogP contribution in [0.2, 0.25) is 5.02 Å². The van der Waals surface area contributed by atoms with Gasteiger partial charge in [-0.25, -0.2) is 4.39 Å². The number of benzene rings is 1. The lowest BCUT2D eigenvalue weighted by Gasteiger charge is -2.33. The lowest BCUT2D eigenvalue weighted by molar-refractivity contribution is -0.131. The average molecular weight is 267 g/mol. The van der Waals surface area contributed by atoms with Crippen LogP contribution in [-0.2, 0) is 11.3 Å². The van der Waals surface area contributed by atoms with E-state index in [0.29, 0.717) is 23.4 Å². The molecule has 0 radical (unpaired) electrons. The van der Waals surface area contributed by atoms with Gasteiger partial charge >= 0.3 is 0 Å². The van der Waals surface area contributed by atoms with Gasteiger partial charge in [-0.1, -0.05) is 11.6 Å². The Kier molecular flexibility index (Phi) is 3.53. The molecule has 0 aromatic heterocycles. The van der Waals surface area contributed by atoms with E-state index in [2.05, 4.69) is 5.32 Å². The van der Waals surface area contributed by atoms with Gasteiger partial charge in [0.25, 0.3) is 0 Å². The quantitative estimate of drug-likeness (QED) is 0.915. The Bertz CT molecular complexity index is 520. The maximum absolute atomic E-state index is 13.4. The molecule has 1 aliphatic rings. The molecule has 0 aliphatic heterocycles. The van der Waals surface area contributed by atoms with Crippen molar-refractivity contribution in [3.05, 3.63) is 34.6 Å². The van der Waals surface area contributed by atoms with Gasteiger partial charge in [-0.3, -0.25) is 4.79 Å². The van der Waals surface area contributed by atoms with Gasteiger partial charge in [0.2, 0.25) is 5.91 Å².